The van der Waals surface area contributed by atoms with Gasteiger partial charge in [0.2, 0.25) is 0 Å². The maximum absolute atomic E-state index is 2.43. The molecule has 0 aromatic carbocycles. The number of hydrogen-bond donors (Lipinski definition) is 0. The minimum absolute atomic E-state index is 0. The van der Waals surface area contributed by atoms with Crippen molar-refractivity contribution in [3.8, 4) is 0 Å². The monoisotopic (exact) mass is 466 g/mol. The number of halogens is 2. The van der Waals surface area contributed by atoms with E-state index >= 15 is 0 Å². The fraction of sp³-hybridized carbons (Fsp3) is 0.556. The van der Waals surface area contributed by atoms with Gasteiger partial charge in [-0.3, -0.25) is 0 Å². The van der Waals surface area contributed by atoms with Gasteiger partial charge in [-0.15, -0.1) is 0 Å². The molecule has 1 aliphatic rings. The summed E-state index contributed by atoms with van der Waals surface area (Å²) in [6.45, 7) is 2.27. The van der Waals surface area contributed by atoms with Crippen LogP contribution in [0.15, 0.2) is 24.3 Å². The van der Waals surface area contributed by atoms with Crippen LogP contribution in [0.3, 0.4) is 0 Å². The molecule has 0 aliphatic heterocycles. The van der Waals surface area contributed by atoms with Crippen molar-refractivity contribution in [3.05, 3.63) is 24.3 Å². The molecular formula is C9H14I2Zr. The molecule has 0 heterocycles. The van der Waals surface area contributed by atoms with E-state index in [9.17, 15) is 0 Å². The van der Waals surface area contributed by atoms with Gasteiger partial charge in [-0.2, -0.15) is 0 Å². The summed E-state index contributed by atoms with van der Waals surface area (Å²) < 4.78 is 3.02. The molecule has 0 atom stereocenters. The largest absolute Gasteiger partial charge is 1.00 e. The zero-order valence-electron chi connectivity index (χ0n) is 7.48. The first kappa shape index (κ1) is 16.3. The van der Waals surface area contributed by atoms with E-state index in [1.165, 1.54) is 12.8 Å². The van der Waals surface area contributed by atoms with Crippen molar-refractivity contribution >= 4 is 0 Å². The molecular weight excluding hydrogens is 453 g/mol. The Labute approximate surface area is 121 Å². The molecule has 0 bridgehead atoms. The molecule has 0 fully saturated rings. The van der Waals surface area contributed by atoms with Crippen molar-refractivity contribution in [1.29, 1.82) is 0 Å². The summed E-state index contributed by atoms with van der Waals surface area (Å²) in [5, 5.41) is 0. The average Bonchev–Trinajstić information content (AvgIpc) is 2.39. The predicted molar refractivity (Wildman–Crippen MR) is 41.7 cm³/mol. The molecule has 0 saturated carbocycles. The Morgan fingerprint density at radius 2 is 1.67 bits per heavy atom. The third-order valence-electron chi connectivity index (χ3n) is 2.03. The molecule has 0 spiro atoms. The van der Waals surface area contributed by atoms with Gasteiger partial charge in [0.1, 0.15) is 0 Å². The molecule has 12 heavy (non-hydrogen) atoms. The summed E-state index contributed by atoms with van der Waals surface area (Å²) in [5.74, 6) is 0. The van der Waals surface area contributed by atoms with Crippen LogP contribution in [0.5, 0.6) is 0 Å². The van der Waals surface area contributed by atoms with Crippen LogP contribution in [0.2, 0.25) is 7.75 Å². The van der Waals surface area contributed by atoms with Gasteiger partial charge in [-0.25, -0.2) is 0 Å². The topological polar surface area (TPSA) is 0 Å². The summed E-state index contributed by atoms with van der Waals surface area (Å²) in [4.78, 5) is 0. The maximum Gasteiger partial charge on any atom is -1.00 e. The normalized spacial score (nSPS) is 16.2. The number of allylic oxidation sites excluding steroid dienone is 4. The molecule has 3 heteroatoms. The van der Waals surface area contributed by atoms with Gasteiger partial charge in [0.15, 0.2) is 0 Å². The molecule has 1 aliphatic carbocycles. The Bertz CT molecular complexity index is 152. The van der Waals surface area contributed by atoms with Gasteiger partial charge >= 0.3 is 75.1 Å². The standard InChI is InChI=1S/C8H11.CH3.2HI.Zr/c1-2-5-8-6-3-4-7-8;;;;/h3-4,6-7H,2,5H2,1H3;1H3;2*1H;/q;;;;+2/p-2. The molecule has 0 nitrogen and oxygen atoms in total. The van der Waals surface area contributed by atoms with Gasteiger partial charge in [0, 0.05) is 0 Å². The summed E-state index contributed by atoms with van der Waals surface area (Å²) >= 11 is -0.157. The smallest absolute Gasteiger partial charge is 1.00 e. The number of rotatable bonds is 3. The quantitative estimate of drug-likeness (QED) is 0.394. The van der Waals surface area contributed by atoms with Crippen LogP contribution in [-0.4, -0.2) is 0 Å². The zero-order chi connectivity index (χ0) is 7.45. The Kier molecular flexibility index (Phi) is 11.1. The first-order valence-corrected chi connectivity index (χ1v) is 7.58. The Balaban J connectivity index is 0. The molecule has 0 saturated heterocycles. The van der Waals surface area contributed by atoms with E-state index in [1.54, 1.807) is 0 Å². The minimum atomic E-state index is -0.157. The second kappa shape index (κ2) is 8.16. The summed E-state index contributed by atoms with van der Waals surface area (Å²) in [7, 11) is 0. The van der Waals surface area contributed by atoms with E-state index in [1.807, 2.05) is 0 Å². The fourth-order valence-corrected chi connectivity index (χ4v) is 3.90. The van der Waals surface area contributed by atoms with Gasteiger partial charge in [-0.05, 0) is 0 Å². The number of hydrogen-bond acceptors (Lipinski definition) is 0. The minimum Gasteiger partial charge on any atom is -1.00 e. The van der Waals surface area contributed by atoms with E-state index in [0.717, 1.165) is 0 Å². The zero-order valence-corrected chi connectivity index (χ0v) is 14.3. The van der Waals surface area contributed by atoms with Gasteiger partial charge in [0.05, 0.1) is 0 Å². The van der Waals surface area contributed by atoms with Gasteiger partial charge in [-0.1, -0.05) is 0 Å². The van der Waals surface area contributed by atoms with Crippen LogP contribution < -0.4 is 48.0 Å². The van der Waals surface area contributed by atoms with Crippen LogP contribution in [0.1, 0.15) is 19.8 Å². The van der Waals surface area contributed by atoms with Crippen LogP contribution >= 0.6 is 0 Å². The molecule has 1 rings (SSSR count). The second-order valence-corrected chi connectivity index (χ2v) is 6.28. The summed E-state index contributed by atoms with van der Waals surface area (Å²) in [6.07, 6.45) is 11.9. The summed E-state index contributed by atoms with van der Waals surface area (Å²) in [5.41, 5.74) is 0. The van der Waals surface area contributed by atoms with Crippen LogP contribution in [0, 0.1) is 0 Å². The van der Waals surface area contributed by atoms with Crippen molar-refractivity contribution < 1.29 is 71.2 Å². The Hall–Kier alpha value is 1.82. The molecule has 0 amide bonds. The third kappa shape index (κ3) is 4.36. The van der Waals surface area contributed by atoms with Crippen molar-refractivity contribution in [1.82, 2.24) is 0 Å². The predicted octanol–water partition coefficient (Wildman–Crippen LogP) is -2.79. The van der Waals surface area contributed by atoms with Crippen molar-refractivity contribution in [2.24, 2.45) is 0 Å². The van der Waals surface area contributed by atoms with E-state index in [4.69, 9.17) is 0 Å². The Morgan fingerprint density at radius 1 is 1.17 bits per heavy atom. The summed E-state index contributed by atoms with van der Waals surface area (Å²) in [6, 6.07) is 0. The van der Waals surface area contributed by atoms with Crippen molar-refractivity contribution in [3.63, 3.8) is 0 Å². The molecule has 0 unspecified atom stereocenters. The van der Waals surface area contributed by atoms with E-state index in [-0.39, 0.29) is 71.2 Å². The molecule has 0 aromatic heterocycles. The molecule has 68 valence electrons. The second-order valence-electron chi connectivity index (χ2n) is 2.76. The fourth-order valence-electron chi connectivity index (χ4n) is 1.38. The molecule has 0 radical (unpaired) electrons. The van der Waals surface area contributed by atoms with Gasteiger partial charge < -0.3 is 48.0 Å². The van der Waals surface area contributed by atoms with Crippen molar-refractivity contribution in [2.75, 3.05) is 0 Å². The maximum atomic E-state index is 2.43. The Morgan fingerprint density at radius 3 is 2.00 bits per heavy atom. The van der Waals surface area contributed by atoms with Gasteiger partial charge in [0.25, 0.3) is 0 Å². The van der Waals surface area contributed by atoms with Crippen molar-refractivity contribution in [2.45, 2.75) is 27.5 Å². The van der Waals surface area contributed by atoms with E-state index in [0.29, 0.717) is 3.12 Å². The van der Waals surface area contributed by atoms with Crippen LogP contribution in [0.25, 0.3) is 0 Å². The van der Waals surface area contributed by atoms with Crippen LogP contribution in [0.4, 0.5) is 0 Å². The van der Waals surface area contributed by atoms with Crippen LogP contribution in [-0.2, 0) is 23.2 Å². The molecule has 0 N–H and O–H groups in total. The SMILES string of the molecule is CCC[C]1([Zr+2][CH3])C=CC=C1.[I-].[I-]. The average molecular weight is 467 g/mol. The first-order chi connectivity index (χ1) is 4.83. The molecule has 0 aromatic rings. The van der Waals surface area contributed by atoms with E-state index < -0.39 is 0 Å². The van der Waals surface area contributed by atoms with E-state index in [2.05, 4.69) is 35.9 Å². The third-order valence-corrected chi connectivity index (χ3v) is 5.75. The first-order valence-electron chi connectivity index (χ1n) is 3.89.